The average molecular weight is 426 g/mol. The summed E-state index contributed by atoms with van der Waals surface area (Å²) in [6, 6.07) is 9.69. The number of rotatable bonds is 7. The van der Waals surface area contributed by atoms with E-state index in [1.807, 2.05) is 32.9 Å². The van der Waals surface area contributed by atoms with E-state index in [0.717, 1.165) is 18.8 Å². The number of nitrogens with zero attached hydrogens (tertiary/aromatic N) is 1. The minimum atomic E-state index is -1.79. The highest BCUT2D eigenvalue weighted by Gasteiger charge is 2.28. The molecule has 1 saturated heterocycles. The zero-order valence-electron chi connectivity index (χ0n) is 17.9. The Kier molecular flexibility index (Phi) is 6.99. The van der Waals surface area contributed by atoms with Crippen LogP contribution in [-0.4, -0.2) is 61.3 Å². The van der Waals surface area contributed by atoms with Crippen LogP contribution in [0, 0.1) is 0 Å². The molecule has 2 aromatic carbocycles. The third kappa shape index (κ3) is 5.44. The normalized spacial score (nSPS) is 15.3. The summed E-state index contributed by atoms with van der Waals surface area (Å²) in [6.45, 7) is 8.52. The van der Waals surface area contributed by atoms with E-state index in [4.69, 9.17) is 9.47 Å². The van der Waals surface area contributed by atoms with Gasteiger partial charge in [-0.25, -0.2) is 0 Å². The molecule has 1 heterocycles. The van der Waals surface area contributed by atoms with Crippen molar-refractivity contribution < 1.29 is 29.1 Å². The largest absolute Gasteiger partial charge is 0.492 e. The monoisotopic (exact) mass is 426 g/mol. The van der Waals surface area contributed by atoms with Crippen molar-refractivity contribution in [3.63, 3.8) is 0 Å². The highest BCUT2D eigenvalue weighted by Crippen LogP contribution is 2.32. The summed E-state index contributed by atoms with van der Waals surface area (Å²) in [4.78, 5) is 26.2. The lowest BCUT2D eigenvalue weighted by atomic mass is 9.77. The van der Waals surface area contributed by atoms with Gasteiger partial charge in [0.05, 0.1) is 24.5 Å². The molecule has 0 unspecified atom stereocenters. The summed E-state index contributed by atoms with van der Waals surface area (Å²) in [5, 5.41) is 21.5. The summed E-state index contributed by atoms with van der Waals surface area (Å²) in [6.07, 6.45) is 0.482. The molecule has 9 heteroatoms. The molecule has 8 nitrogen and oxygen atoms in total. The minimum Gasteiger partial charge on any atom is -0.492 e. The van der Waals surface area contributed by atoms with Crippen molar-refractivity contribution in [3.05, 3.63) is 47.5 Å². The van der Waals surface area contributed by atoms with E-state index in [-0.39, 0.29) is 22.2 Å². The molecule has 1 aliphatic rings. The van der Waals surface area contributed by atoms with Crippen molar-refractivity contribution in [2.45, 2.75) is 26.4 Å². The number of morpholine rings is 1. The summed E-state index contributed by atoms with van der Waals surface area (Å²) in [5.74, 6) is 0.0962. The average Bonchev–Trinajstić information content (AvgIpc) is 2.73. The highest BCUT2D eigenvalue weighted by molar-refractivity contribution is 6.60. The molecule has 0 aromatic heterocycles. The predicted molar refractivity (Wildman–Crippen MR) is 119 cm³/mol. The number of ether oxygens (including phenoxy) is 2. The third-order valence-electron chi connectivity index (χ3n) is 5.06. The van der Waals surface area contributed by atoms with Crippen molar-refractivity contribution >= 4 is 36.1 Å². The first-order valence-corrected chi connectivity index (χ1v) is 10.2. The van der Waals surface area contributed by atoms with E-state index in [2.05, 4.69) is 10.2 Å². The molecular formula is C22H27BN2O6. The van der Waals surface area contributed by atoms with Gasteiger partial charge in [-0.3, -0.25) is 9.59 Å². The fourth-order valence-corrected chi connectivity index (χ4v) is 3.57. The Hall–Kier alpha value is -2.88. The lowest BCUT2D eigenvalue weighted by molar-refractivity contribution is -0.0277. The van der Waals surface area contributed by atoms with E-state index in [1.165, 1.54) is 18.2 Å². The molecule has 0 radical (unpaired) electrons. The lowest BCUT2D eigenvalue weighted by Gasteiger charge is -2.39. The fourth-order valence-electron chi connectivity index (χ4n) is 3.57. The summed E-state index contributed by atoms with van der Waals surface area (Å²) >= 11 is 0. The molecule has 1 fully saturated rings. The van der Waals surface area contributed by atoms with Crippen LogP contribution in [0.4, 0.5) is 11.4 Å². The summed E-state index contributed by atoms with van der Waals surface area (Å²) < 4.78 is 11.5. The van der Waals surface area contributed by atoms with Gasteiger partial charge in [-0.2, -0.15) is 0 Å². The molecule has 3 rings (SSSR count). The maximum Gasteiger partial charge on any atom is 0.489 e. The number of amides is 1. The first kappa shape index (κ1) is 22.8. The zero-order valence-corrected chi connectivity index (χ0v) is 17.9. The van der Waals surface area contributed by atoms with Crippen LogP contribution in [-0.2, 0) is 4.74 Å². The fraction of sp³-hybridized carbons (Fsp3) is 0.364. The molecule has 0 spiro atoms. The van der Waals surface area contributed by atoms with Gasteiger partial charge in [0, 0.05) is 36.0 Å². The van der Waals surface area contributed by atoms with Gasteiger partial charge >= 0.3 is 7.12 Å². The van der Waals surface area contributed by atoms with Crippen molar-refractivity contribution in [3.8, 4) is 5.75 Å². The van der Waals surface area contributed by atoms with E-state index >= 15 is 0 Å². The molecule has 3 N–H and O–H groups in total. The van der Waals surface area contributed by atoms with Crippen LogP contribution in [0.5, 0.6) is 5.75 Å². The van der Waals surface area contributed by atoms with Crippen LogP contribution >= 0.6 is 0 Å². The van der Waals surface area contributed by atoms with E-state index < -0.39 is 13.0 Å². The topological polar surface area (TPSA) is 108 Å². The number of anilines is 2. The molecule has 0 saturated carbocycles. The number of carbonyl (C=O) groups is 2. The van der Waals surface area contributed by atoms with Crippen LogP contribution in [0.15, 0.2) is 36.4 Å². The quantitative estimate of drug-likeness (QED) is 0.454. The number of carbonyl (C=O) groups excluding carboxylic acids is 2. The first-order valence-electron chi connectivity index (χ1n) is 10.2. The number of hydrogen-bond donors (Lipinski definition) is 3. The number of benzene rings is 2. The number of hydrogen-bond acceptors (Lipinski definition) is 7. The number of nitrogens with one attached hydrogen (secondary N) is 1. The molecule has 0 aliphatic carbocycles. The van der Waals surface area contributed by atoms with Crippen LogP contribution in [0.1, 0.15) is 41.5 Å². The molecule has 2 aromatic rings. The molecule has 164 valence electrons. The molecule has 0 atom stereocenters. The Balaban J connectivity index is 1.84. The maximum atomic E-state index is 12.8. The lowest BCUT2D eigenvalue weighted by Crippen LogP contribution is -2.48. The molecular weight excluding hydrogens is 399 g/mol. The van der Waals surface area contributed by atoms with Crippen LogP contribution in [0.25, 0.3) is 0 Å². The predicted octanol–water partition coefficient (Wildman–Crippen LogP) is 1.45. The molecule has 1 amide bonds. The third-order valence-corrected chi connectivity index (χ3v) is 5.06. The Morgan fingerprint density at radius 3 is 2.71 bits per heavy atom. The van der Waals surface area contributed by atoms with E-state index in [9.17, 15) is 19.6 Å². The molecule has 0 bridgehead atoms. The van der Waals surface area contributed by atoms with Crippen LogP contribution in [0.3, 0.4) is 0 Å². The first-order chi connectivity index (χ1) is 14.7. The van der Waals surface area contributed by atoms with Gasteiger partial charge in [-0.15, -0.1) is 0 Å². The van der Waals surface area contributed by atoms with Gasteiger partial charge in [0.15, 0.2) is 0 Å². The maximum absolute atomic E-state index is 12.8. The Bertz CT molecular complexity index is 963. The zero-order chi connectivity index (χ0) is 22.6. The van der Waals surface area contributed by atoms with E-state index in [0.29, 0.717) is 30.9 Å². The second kappa shape index (κ2) is 9.51. The molecule has 1 aliphatic heterocycles. The minimum absolute atomic E-state index is 0.0398. The summed E-state index contributed by atoms with van der Waals surface area (Å²) in [5.41, 5.74) is 1.52. The van der Waals surface area contributed by atoms with Gasteiger partial charge < -0.3 is 29.7 Å². The highest BCUT2D eigenvalue weighted by atomic mass is 16.5. The van der Waals surface area contributed by atoms with Gasteiger partial charge in [0.1, 0.15) is 12.0 Å². The van der Waals surface area contributed by atoms with Gasteiger partial charge in [-0.05, 0) is 50.5 Å². The second-order valence-electron chi connectivity index (χ2n) is 7.93. The van der Waals surface area contributed by atoms with Crippen molar-refractivity contribution in [1.29, 1.82) is 0 Å². The van der Waals surface area contributed by atoms with Crippen molar-refractivity contribution in [2.75, 3.05) is 36.5 Å². The van der Waals surface area contributed by atoms with Gasteiger partial charge in [-0.1, -0.05) is 6.07 Å². The number of aldehydes is 1. The molecule has 31 heavy (non-hydrogen) atoms. The van der Waals surface area contributed by atoms with Crippen LogP contribution < -0.4 is 20.4 Å². The SMILES string of the molecule is CCOc1cc(N2CCOC(C)(C)C2)ccc1NC(=O)c1ccc(B(O)O)c(C=O)c1. The Morgan fingerprint density at radius 2 is 2.06 bits per heavy atom. The van der Waals surface area contributed by atoms with Crippen molar-refractivity contribution in [2.24, 2.45) is 0 Å². The van der Waals surface area contributed by atoms with Crippen LogP contribution in [0.2, 0.25) is 0 Å². The Morgan fingerprint density at radius 1 is 1.29 bits per heavy atom. The summed E-state index contributed by atoms with van der Waals surface area (Å²) in [7, 11) is -1.79. The second-order valence-corrected chi connectivity index (χ2v) is 7.93. The Labute approximate surface area is 181 Å². The van der Waals surface area contributed by atoms with E-state index in [1.54, 1.807) is 6.07 Å². The smallest absolute Gasteiger partial charge is 0.489 e. The van der Waals surface area contributed by atoms with Gasteiger partial charge in [0.2, 0.25) is 0 Å². The standard InChI is InChI=1S/C22H27BN2O6/c1-4-30-20-12-17(25-9-10-31-22(2,3)14-25)6-8-19(20)24-21(27)15-5-7-18(23(28)29)16(11-15)13-26/h5-8,11-13,28-29H,4,9-10,14H2,1-3H3,(H,24,27). The van der Waals surface area contributed by atoms with Gasteiger partial charge in [0.25, 0.3) is 5.91 Å². The van der Waals surface area contributed by atoms with Crippen molar-refractivity contribution in [1.82, 2.24) is 0 Å².